The average molecular weight is 425 g/mol. The third-order valence-corrected chi connectivity index (χ3v) is 6.55. The molecule has 2 aromatic rings. The minimum Gasteiger partial charge on any atom is -0.373 e. The summed E-state index contributed by atoms with van der Waals surface area (Å²) in [5.74, 6) is 2.58. The van der Waals surface area contributed by atoms with E-state index < -0.39 is 0 Å². The van der Waals surface area contributed by atoms with Gasteiger partial charge in [0.05, 0.1) is 18.3 Å². The lowest BCUT2D eigenvalue weighted by Crippen LogP contribution is -2.40. The van der Waals surface area contributed by atoms with Crippen molar-refractivity contribution in [2.24, 2.45) is 0 Å². The van der Waals surface area contributed by atoms with Gasteiger partial charge < -0.3 is 19.6 Å². The summed E-state index contributed by atoms with van der Waals surface area (Å²) in [4.78, 5) is 38.5. The van der Waals surface area contributed by atoms with E-state index in [1.165, 1.54) is 0 Å². The quantitative estimate of drug-likeness (QED) is 0.804. The molecule has 2 amide bonds. The minimum absolute atomic E-state index is 0.0546. The van der Waals surface area contributed by atoms with Crippen molar-refractivity contribution in [1.29, 1.82) is 0 Å². The monoisotopic (exact) mass is 424 g/mol. The van der Waals surface area contributed by atoms with Crippen molar-refractivity contribution in [2.45, 2.75) is 64.0 Å². The van der Waals surface area contributed by atoms with Crippen LogP contribution in [0.2, 0.25) is 0 Å². The number of rotatable bonds is 4. The molecule has 1 atom stereocenters. The van der Waals surface area contributed by atoms with Crippen LogP contribution in [0, 0.1) is 0 Å². The first-order valence-electron chi connectivity index (χ1n) is 11.2. The summed E-state index contributed by atoms with van der Waals surface area (Å²) in [6.45, 7) is 3.40. The van der Waals surface area contributed by atoms with Gasteiger partial charge in [-0.05, 0) is 32.1 Å². The summed E-state index contributed by atoms with van der Waals surface area (Å²) >= 11 is 0. The lowest BCUT2D eigenvalue weighted by atomic mass is 9.99. The molecule has 1 unspecified atom stereocenters. The second-order valence-corrected chi connectivity index (χ2v) is 8.70. The molecule has 1 N–H and O–H groups in total. The Hall–Kier alpha value is -2.97. The third-order valence-electron chi connectivity index (χ3n) is 6.55. The van der Waals surface area contributed by atoms with E-state index in [4.69, 9.17) is 14.5 Å². The molecule has 9 nitrogen and oxygen atoms in total. The fourth-order valence-corrected chi connectivity index (χ4v) is 4.60. The number of carbonyl (C=O) groups is 2. The van der Waals surface area contributed by atoms with E-state index in [1.807, 2.05) is 16.8 Å². The molecular weight excluding hydrogens is 396 g/mol. The van der Waals surface area contributed by atoms with E-state index in [2.05, 4.69) is 10.5 Å². The number of hydrogen-bond acceptors (Lipinski definition) is 7. The molecule has 0 radical (unpaired) electrons. The standard InChI is InChI=1S/C22H28N6O3/c1-13(29)27-10-8-16-15(12-27)20(23-2)25-21(24-16)18-5-3-4-9-28(18)22(30)17-11-19(31-26-17)14-6-7-14/h11,14,18H,3-10,12H2,1-2H3,(H,23,24,25). The maximum absolute atomic E-state index is 13.3. The van der Waals surface area contributed by atoms with Gasteiger partial charge in [-0.3, -0.25) is 9.59 Å². The summed E-state index contributed by atoms with van der Waals surface area (Å²) in [6.07, 6.45) is 5.69. The average Bonchev–Trinajstić information content (AvgIpc) is 3.53. The molecule has 2 fully saturated rings. The zero-order valence-electron chi connectivity index (χ0n) is 18.1. The van der Waals surface area contributed by atoms with Gasteiger partial charge in [-0.1, -0.05) is 5.16 Å². The van der Waals surface area contributed by atoms with Crippen LogP contribution < -0.4 is 5.32 Å². The first kappa shape index (κ1) is 20.0. The highest BCUT2D eigenvalue weighted by molar-refractivity contribution is 5.92. The lowest BCUT2D eigenvalue weighted by Gasteiger charge is -2.35. The first-order valence-corrected chi connectivity index (χ1v) is 11.2. The van der Waals surface area contributed by atoms with Crippen molar-refractivity contribution in [1.82, 2.24) is 24.9 Å². The van der Waals surface area contributed by atoms with Crippen molar-refractivity contribution < 1.29 is 14.1 Å². The van der Waals surface area contributed by atoms with Gasteiger partial charge in [0.2, 0.25) is 5.91 Å². The van der Waals surface area contributed by atoms with E-state index in [-0.39, 0.29) is 17.9 Å². The molecule has 2 aromatic heterocycles. The summed E-state index contributed by atoms with van der Waals surface area (Å²) in [7, 11) is 1.83. The summed E-state index contributed by atoms with van der Waals surface area (Å²) < 4.78 is 5.41. The number of anilines is 1. The fraction of sp³-hybridized carbons (Fsp3) is 0.591. The number of fused-ring (bicyclic) bond motifs is 1. The molecule has 9 heteroatoms. The van der Waals surface area contributed by atoms with Gasteiger partial charge in [0.1, 0.15) is 11.6 Å². The van der Waals surface area contributed by atoms with Crippen LogP contribution in [0.3, 0.4) is 0 Å². The van der Waals surface area contributed by atoms with Crippen LogP contribution in [0.5, 0.6) is 0 Å². The molecule has 164 valence electrons. The molecule has 0 spiro atoms. The van der Waals surface area contributed by atoms with Gasteiger partial charge in [-0.2, -0.15) is 0 Å². The Labute approximate surface area is 181 Å². The number of nitrogens with one attached hydrogen (secondary N) is 1. The summed E-state index contributed by atoms with van der Waals surface area (Å²) in [6, 6.07) is 1.61. The number of nitrogens with zero attached hydrogens (tertiary/aromatic N) is 5. The highest BCUT2D eigenvalue weighted by Gasteiger charge is 2.35. The number of hydrogen-bond donors (Lipinski definition) is 1. The Balaban J connectivity index is 1.44. The Morgan fingerprint density at radius 1 is 1.16 bits per heavy atom. The van der Waals surface area contributed by atoms with Crippen LogP contribution in [-0.4, -0.2) is 56.9 Å². The van der Waals surface area contributed by atoms with Gasteiger partial charge >= 0.3 is 0 Å². The number of likely N-dealkylation sites (tertiary alicyclic amines) is 1. The highest BCUT2D eigenvalue weighted by Crippen LogP contribution is 2.40. The van der Waals surface area contributed by atoms with Crippen molar-refractivity contribution in [3.05, 3.63) is 34.6 Å². The molecule has 4 heterocycles. The van der Waals surface area contributed by atoms with E-state index in [9.17, 15) is 9.59 Å². The van der Waals surface area contributed by atoms with Crippen molar-refractivity contribution in [2.75, 3.05) is 25.5 Å². The number of aromatic nitrogens is 3. The number of piperidine rings is 1. The Morgan fingerprint density at radius 3 is 2.74 bits per heavy atom. The Morgan fingerprint density at radius 2 is 2.00 bits per heavy atom. The van der Waals surface area contributed by atoms with Gasteiger partial charge in [-0.25, -0.2) is 9.97 Å². The largest absolute Gasteiger partial charge is 0.373 e. The molecule has 1 saturated carbocycles. The van der Waals surface area contributed by atoms with Crippen LogP contribution in [0.15, 0.2) is 10.6 Å². The van der Waals surface area contributed by atoms with Gasteiger partial charge in [-0.15, -0.1) is 0 Å². The van der Waals surface area contributed by atoms with Crippen LogP contribution in [0.4, 0.5) is 5.82 Å². The lowest BCUT2D eigenvalue weighted by molar-refractivity contribution is -0.129. The van der Waals surface area contributed by atoms with E-state index >= 15 is 0 Å². The van der Waals surface area contributed by atoms with Gasteiger partial charge in [0.25, 0.3) is 5.91 Å². The summed E-state index contributed by atoms with van der Waals surface area (Å²) in [5.41, 5.74) is 2.30. The molecule has 1 saturated heterocycles. The van der Waals surface area contributed by atoms with E-state index in [0.717, 1.165) is 54.9 Å². The SMILES string of the molecule is CNc1nc(C2CCCCN2C(=O)c2cc(C3CC3)on2)nc2c1CN(C(C)=O)CC2. The second kappa shape index (κ2) is 7.94. The highest BCUT2D eigenvalue weighted by atomic mass is 16.5. The van der Waals surface area contributed by atoms with Crippen LogP contribution in [0.1, 0.15) is 84.3 Å². The summed E-state index contributed by atoms with van der Waals surface area (Å²) in [5, 5.41) is 7.23. The van der Waals surface area contributed by atoms with Crippen molar-refractivity contribution in [3.8, 4) is 0 Å². The smallest absolute Gasteiger partial charge is 0.276 e. The fourth-order valence-electron chi connectivity index (χ4n) is 4.60. The predicted molar refractivity (Wildman–Crippen MR) is 112 cm³/mol. The molecular formula is C22H28N6O3. The first-order chi connectivity index (χ1) is 15.0. The van der Waals surface area contributed by atoms with E-state index in [0.29, 0.717) is 43.5 Å². The third kappa shape index (κ3) is 3.77. The maximum atomic E-state index is 13.3. The molecule has 0 aromatic carbocycles. The number of carbonyl (C=O) groups excluding carboxylic acids is 2. The maximum Gasteiger partial charge on any atom is 0.276 e. The molecule has 5 rings (SSSR count). The topological polar surface area (TPSA) is 104 Å². The second-order valence-electron chi connectivity index (χ2n) is 8.70. The molecule has 31 heavy (non-hydrogen) atoms. The Bertz CT molecular complexity index is 997. The molecule has 0 bridgehead atoms. The van der Waals surface area contributed by atoms with Crippen LogP contribution in [0.25, 0.3) is 0 Å². The van der Waals surface area contributed by atoms with Crippen LogP contribution >= 0.6 is 0 Å². The predicted octanol–water partition coefficient (Wildman–Crippen LogP) is 2.66. The van der Waals surface area contributed by atoms with Crippen molar-refractivity contribution >= 4 is 17.6 Å². The van der Waals surface area contributed by atoms with Crippen molar-refractivity contribution in [3.63, 3.8) is 0 Å². The minimum atomic E-state index is -0.189. The normalized spacial score (nSPS) is 21.0. The van der Waals surface area contributed by atoms with Gasteiger partial charge in [0, 0.05) is 51.0 Å². The van der Waals surface area contributed by atoms with Crippen LogP contribution in [-0.2, 0) is 17.8 Å². The zero-order chi connectivity index (χ0) is 21.5. The molecule has 1 aliphatic carbocycles. The van der Waals surface area contributed by atoms with Gasteiger partial charge in [0.15, 0.2) is 11.5 Å². The number of amides is 2. The Kier molecular flexibility index (Phi) is 5.11. The molecule has 2 aliphatic heterocycles. The molecule has 3 aliphatic rings. The zero-order valence-corrected chi connectivity index (χ0v) is 18.1. The van der Waals surface area contributed by atoms with E-state index in [1.54, 1.807) is 13.0 Å².